The second kappa shape index (κ2) is 22.5. The summed E-state index contributed by atoms with van der Waals surface area (Å²) < 4.78 is 9.25. The molecule has 0 aliphatic carbocycles. The summed E-state index contributed by atoms with van der Waals surface area (Å²) in [6, 6.07) is 115. The summed E-state index contributed by atoms with van der Waals surface area (Å²) in [7, 11) is 0. The number of para-hydroxylation sites is 2. The topological polar surface area (TPSA) is 78.5 Å². The van der Waals surface area contributed by atoms with Crippen LogP contribution in [0.2, 0.25) is 0 Å². The van der Waals surface area contributed by atoms with E-state index in [9.17, 15) is 10.5 Å². The molecule has 0 aliphatic heterocycles. The number of benzene rings is 13. The van der Waals surface area contributed by atoms with Gasteiger partial charge in [0.1, 0.15) is 29.1 Å². The molecule has 3 heterocycles. The van der Waals surface area contributed by atoms with Gasteiger partial charge in [0.2, 0.25) is 0 Å². The molecule has 0 spiro atoms. The number of pyridine rings is 1. The van der Waals surface area contributed by atoms with Crippen molar-refractivity contribution >= 4 is 43.7 Å². The number of fused-ring (bicyclic) bond motifs is 7. The van der Waals surface area contributed by atoms with Gasteiger partial charge in [-0.05, 0) is 103 Å². The Morgan fingerprint density at radius 1 is 0.278 bits per heavy atom. The van der Waals surface area contributed by atoms with Gasteiger partial charge in [0, 0.05) is 55.1 Å². The Bertz CT molecular complexity index is 5040. The van der Waals surface area contributed by atoms with Gasteiger partial charge in [-0.25, -0.2) is 4.98 Å². The van der Waals surface area contributed by atoms with Crippen molar-refractivity contribution in [1.29, 1.82) is 10.5 Å². The van der Waals surface area contributed by atoms with E-state index in [1.807, 2.05) is 84.9 Å². The van der Waals surface area contributed by atoms with E-state index < -0.39 is 0 Å². The Hall–Kier alpha value is -12.4. The number of furan rings is 1. The van der Waals surface area contributed by atoms with Crippen LogP contribution in [0.4, 0.5) is 0 Å². The van der Waals surface area contributed by atoms with E-state index in [2.05, 4.69) is 247 Å². The van der Waals surface area contributed by atoms with Crippen LogP contribution in [0.15, 0.2) is 320 Å². The molecule has 0 N–H and O–H groups in total. The van der Waals surface area contributed by atoms with Crippen LogP contribution in [0.5, 0.6) is 0 Å². The Kier molecular flexibility index (Phi) is 13.2. The van der Waals surface area contributed by atoms with Crippen molar-refractivity contribution in [3.63, 3.8) is 0 Å². The summed E-state index contributed by atoms with van der Waals surface area (Å²) in [4.78, 5) is 6.19. The molecule has 5 heteroatoms. The van der Waals surface area contributed by atoms with Crippen molar-refractivity contribution in [3.8, 4) is 129 Å². The molecule has 0 aliphatic rings. The molecule has 0 bridgehead atoms. The quantitative estimate of drug-likeness (QED) is 0.129. The largest absolute Gasteiger partial charge is 0.455 e. The second-order valence-electron chi connectivity index (χ2n) is 22.5. The normalized spacial score (nSPS) is 11.3. The smallest absolute Gasteiger partial charge is 0.145 e. The van der Waals surface area contributed by atoms with Crippen LogP contribution in [-0.4, -0.2) is 9.55 Å². The highest BCUT2D eigenvalue weighted by molar-refractivity contribution is 6.24. The van der Waals surface area contributed by atoms with Gasteiger partial charge in [0.25, 0.3) is 0 Å². The SMILES string of the molecule is N#Cc1c(-c2ccccc2)c(-c2ccccc2)c(-c2cc(-c3c(-c4ccccc4)c(-c4ccccc4)c(C#N)c(-c4ccccc4)c3-c3ccccc3)nc(-n3c4ccccc4c4c5oc6ccccc6c5ccc43)c2)c(-c2ccccc2)c1-c1ccccc1. The van der Waals surface area contributed by atoms with Gasteiger partial charge in [0.15, 0.2) is 0 Å². The predicted molar refractivity (Wildman–Crippen MR) is 370 cm³/mol. The maximum absolute atomic E-state index is 12.1. The van der Waals surface area contributed by atoms with Crippen LogP contribution < -0.4 is 0 Å². The lowest BCUT2D eigenvalue weighted by Crippen LogP contribution is -2.06. The van der Waals surface area contributed by atoms with Crippen LogP contribution in [0.3, 0.4) is 0 Å². The maximum atomic E-state index is 12.1. The van der Waals surface area contributed by atoms with E-state index in [0.29, 0.717) is 22.6 Å². The Morgan fingerprint density at radius 2 is 0.611 bits per heavy atom. The first kappa shape index (κ1) is 53.1. The molecule has 0 amide bonds. The molecule has 0 atom stereocenters. The molecule has 90 heavy (non-hydrogen) atoms. The van der Waals surface area contributed by atoms with E-state index in [-0.39, 0.29) is 0 Å². The van der Waals surface area contributed by atoms with Crippen molar-refractivity contribution in [2.75, 3.05) is 0 Å². The minimum atomic E-state index is 0.548. The molecule has 0 saturated carbocycles. The molecule has 16 rings (SSSR count). The van der Waals surface area contributed by atoms with Crippen molar-refractivity contribution in [2.24, 2.45) is 0 Å². The summed E-state index contributed by atoms with van der Waals surface area (Å²) >= 11 is 0. The van der Waals surface area contributed by atoms with Crippen LogP contribution in [0, 0.1) is 22.7 Å². The average molecular weight is 1150 g/mol. The molecule has 0 radical (unpaired) electrons. The summed E-state index contributed by atoms with van der Waals surface area (Å²) in [5, 5.41) is 28.2. The standard InChI is InChI=1S/C85H52N4O/c86-53-67-74(55-29-9-1-10-30-55)78(59-37-17-5-18-38-59)82(79(60-39-19-6-20-40-60)75(67)56-31-11-2-12-32-56)63-51-69(88-73(52-63)89-70-47-27-25-46-66(70)83-71(89)50-49-65-64-45-26-28-48-72(64)90-85(65)83)84-80(61-41-21-7-22-42-61)76(57-33-13-3-14-34-57)68(54-87)77(58-35-15-4-16-36-58)81(84)62-43-23-8-24-44-62/h1-52H. The number of nitriles is 2. The highest BCUT2D eigenvalue weighted by atomic mass is 16.3. The van der Waals surface area contributed by atoms with Gasteiger partial charge in [-0.15, -0.1) is 0 Å². The zero-order valence-corrected chi connectivity index (χ0v) is 48.7. The second-order valence-corrected chi connectivity index (χ2v) is 22.5. The molecule has 13 aromatic carbocycles. The first-order valence-corrected chi connectivity index (χ1v) is 30.2. The van der Waals surface area contributed by atoms with E-state index >= 15 is 0 Å². The minimum absolute atomic E-state index is 0.548. The Labute approximate surface area is 521 Å². The first-order valence-electron chi connectivity index (χ1n) is 30.2. The lowest BCUT2D eigenvalue weighted by molar-refractivity contribution is 0.673. The van der Waals surface area contributed by atoms with E-state index in [1.165, 1.54) is 0 Å². The average Bonchev–Trinajstić information content (AvgIpc) is 1.19. The maximum Gasteiger partial charge on any atom is 0.145 e. The fourth-order valence-electron chi connectivity index (χ4n) is 13.8. The van der Waals surface area contributed by atoms with Gasteiger partial charge in [0.05, 0.1) is 33.2 Å². The van der Waals surface area contributed by atoms with Crippen molar-refractivity contribution in [2.45, 2.75) is 0 Å². The molecule has 0 fully saturated rings. The fourth-order valence-corrected chi connectivity index (χ4v) is 13.8. The minimum Gasteiger partial charge on any atom is -0.455 e. The first-order chi connectivity index (χ1) is 44.6. The van der Waals surface area contributed by atoms with E-state index in [4.69, 9.17) is 9.40 Å². The fraction of sp³-hybridized carbons (Fsp3) is 0. The van der Waals surface area contributed by atoms with Crippen molar-refractivity contribution < 1.29 is 4.42 Å². The van der Waals surface area contributed by atoms with Gasteiger partial charge < -0.3 is 4.42 Å². The Morgan fingerprint density at radius 3 is 1.01 bits per heavy atom. The molecule has 0 unspecified atom stereocenters. The number of nitrogens with zero attached hydrogens (tertiary/aromatic N) is 4. The third kappa shape index (κ3) is 8.80. The molecular formula is C85H52N4O. The third-order valence-electron chi connectivity index (χ3n) is 17.5. The van der Waals surface area contributed by atoms with Gasteiger partial charge in [-0.1, -0.05) is 279 Å². The number of rotatable bonds is 11. The molecule has 0 saturated heterocycles. The Balaban J connectivity index is 1.18. The molecule has 16 aromatic rings. The van der Waals surface area contributed by atoms with Crippen LogP contribution >= 0.6 is 0 Å². The highest BCUT2D eigenvalue weighted by Gasteiger charge is 2.33. The van der Waals surface area contributed by atoms with Crippen molar-refractivity contribution in [3.05, 3.63) is 327 Å². The van der Waals surface area contributed by atoms with Crippen LogP contribution in [0.25, 0.3) is 161 Å². The van der Waals surface area contributed by atoms with Gasteiger partial charge in [-0.3, -0.25) is 4.57 Å². The highest BCUT2D eigenvalue weighted by Crippen LogP contribution is 2.57. The molecule has 418 valence electrons. The number of hydrogen-bond acceptors (Lipinski definition) is 4. The van der Waals surface area contributed by atoms with Gasteiger partial charge in [-0.2, -0.15) is 10.5 Å². The number of hydrogen-bond donors (Lipinski definition) is 0. The van der Waals surface area contributed by atoms with E-state index in [0.717, 1.165) is 149 Å². The predicted octanol–water partition coefficient (Wildman–Crippen LogP) is 22.5. The monoisotopic (exact) mass is 1140 g/mol. The number of aromatic nitrogens is 2. The molecular weight excluding hydrogens is 1090 g/mol. The summed E-state index contributed by atoms with van der Waals surface area (Å²) in [6.45, 7) is 0. The lowest BCUT2D eigenvalue weighted by Gasteiger charge is -2.28. The van der Waals surface area contributed by atoms with Gasteiger partial charge >= 0.3 is 0 Å². The summed E-state index contributed by atoms with van der Waals surface area (Å²) in [5.41, 5.74) is 21.9. The molecule has 5 nitrogen and oxygen atoms in total. The van der Waals surface area contributed by atoms with Crippen LogP contribution in [-0.2, 0) is 0 Å². The molecule has 3 aromatic heterocycles. The van der Waals surface area contributed by atoms with Crippen molar-refractivity contribution in [1.82, 2.24) is 9.55 Å². The third-order valence-corrected chi connectivity index (χ3v) is 17.5. The zero-order valence-electron chi connectivity index (χ0n) is 48.7. The van der Waals surface area contributed by atoms with E-state index in [1.54, 1.807) is 0 Å². The summed E-state index contributed by atoms with van der Waals surface area (Å²) in [5.74, 6) is 0.652. The summed E-state index contributed by atoms with van der Waals surface area (Å²) in [6.07, 6.45) is 0. The lowest BCUT2D eigenvalue weighted by atomic mass is 9.75. The van der Waals surface area contributed by atoms with Crippen LogP contribution in [0.1, 0.15) is 11.1 Å². The zero-order chi connectivity index (χ0) is 60.1.